The molecule has 0 bridgehead atoms. The fourth-order valence-corrected chi connectivity index (χ4v) is 3.33. The maximum absolute atomic E-state index is 11.3. The molecule has 29 heavy (non-hydrogen) atoms. The van der Waals surface area contributed by atoms with E-state index in [1.807, 2.05) is 52.8 Å². The number of benzene rings is 1. The number of nitrogens with one attached hydrogen (secondary N) is 1. The molecule has 0 saturated carbocycles. The lowest BCUT2D eigenvalue weighted by atomic mass is 9.88. The van der Waals surface area contributed by atoms with Gasteiger partial charge in [-0.2, -0.15) is 0 Å². The van der Waals surface area contributed by atoms with Crippen molar-refractivity contribution < 1.29 is 19.4 Å². The molecule has 1 heterocycles. The number of carboxylic acid groups (broad SMARTS) is 1. The maximum Gasteiger partial charge on any atom is 0.316 e. The third-order valence-electron chi connectivity index (χ3n) is 4.76. The SMILES string of the molecule is CCOc1ncc(Nc2cc(C(CC)CC(=O)O)ccc2C(C)(C)OCC)cn1. The molecule has 7 nitrogen and oxygen atoms in total. The van der Waals surface area contributed by atoms with Crippen molar-refractivity contribution in [1.29, 1.82) is 0 Å². The third kappa shape index (κ3) is 6.15. The Morgan fingerprint density at radius 1 is 1.17 bits per heavy atom. The van der Waals surface area contributed by atoms with Gasteiger partial charge in [-0.1, -0.05) is 19.1 Å². The van der Waals surface area contributed by atoms with Crippen molar-refractivity contribution in [2.45, 2.75) is 59.0 Å². The zero-order valence-electron chi connectivity index (χ0n) is 17.9. The minimum Gasteiger partial charge on any atom is -0.481 e. The van der Waals surface area contributed by atoms with Crippen molar-refractivity contribution in [2.75, 3.05) is 18.5 Å². The molecule has 1 atom stereocenters. The van der Waals surface area contributed by atoms with Gasteiger partial charge in [0, 0.05) is 17.9 Å². The smallest absolute Gasteiger partial charge is 0.316 e. The summed E-state index contributed by atoms with van der Waals surface area (Å²) in [6.07, 6.45) is 4.16. The van der Waals surface area contributed by atoms with Crippen LogP contribution in [0.4, 0.5) is 11.4 Å². The van der Waals surface area contributed by atoms with E-state index < -0.39 is 11.6 Å². The number of nitrogens with zero attached hydrogens (tertiary/aromatic N) is 2. The van der Waals surface area contributed by atoms with Gasteiger partial charge in [-0.15, -0.1) is 0 Å². The number of rotatable bonds is 11. The topological polar surface area (TPSA) is 93.6 Å². The molecule has 0 saturated heterocycles. The number of carboxylic acids is 1. The Morgan fingerprint density at radius 3 is 2.41 bits per heavy atom. The highest BCUT2D eigenvalue weighted by molar-refractivity contribution is 5.69. The first kappa shape index (κ1) is 22.6. The molecule has 0 amide bonds. The van der Waals surface area contributed by atoms with E-state index in [0.29, 0.717) is 24.9 Å². The van der Waals surface area contributed by atoms with Crippen LogP contribution < -0.4 is 10.1 Å². The summed E-state index contributed by atoms with van der Waals surface area (Å²) >= 11 is 0. The van der Waals surface area contributed by atoms with Crippen LogP contribution in [0.3, 0.4) is 0 Å². The fourth-order valence-electron chi connectivity index (χ4n) is 3.33. The minimum atomic E-state index is -0.801. The third-order valence-corrected chi connectivity index (χ3v) is 4.76. The van der Waals surface area contributed by atoms with Crippen LogP contribution in [0.25, 0.3) is 0 Å². The van der Waals surface area contributed by atoms with Gasteiger partial charge in [0.1, 0.15) is 0 Å². The van der Waals surface area contributed by atoms with Gasteiger partial charge in [-0.25, -0.2) is 9.97 Å². The Kier molecular flexibility index (Phi) is 7.96. The van der Waals surface area contributed by atoms with Crippen molar-refractivity contribution in [3.05, 3.63) is 41.7 Å². The number of hydrogen-bond donors (Lipinski definition) is 2. The molecule has 0 radical (unpaired) electrons. The van der Waals surface area contributed by atoms with Crippen molar-refractivity contribution in [3.8, 4) is 6.01 Å². The summed E-state index contributed by atoms with van der Waals surface area (Å²) in [5.41, 5.74) is 2.99. The van der Waals surface area contributed by atoms with Crippen molar-refractivity contribution in [1.82, 2.24) is 9.97 Å². The van der Waals surface area contributed by atoms with E-state index in [9.17, 15) is 9.90 Å². The number of ether oxygens (including phenoxy) is 2. The molecular formula is C22H31N3O4. The minimum absolute atomic E-state index is 0.0612. The van der Waals surface area contributed by atoms with E-state index in [0.717, 1.165) is 23.2 Å². The van der Waals surface area contributed by atoms with Crippen molar-refractivity contribution >= 4 is 17.3 Å². The predicted molar refractivity (Wildman–Crippen MR) is 113 cm³/mol. The molecule has 0 aliphatic rings. The summed E-state index contributed by atoms with van der Waals surface area (Å²) in [5.74, 6) is -0.862. The first-order valence-electron chi connectivity index (χ1n) is 10.0. The lowest BCUT2D eigenvalue weighted by molar-refractivity contribution is -0.137. The van der Waals surface area contributed by atoms with Gasteiger partial charge in [0.15, 0.2) is 0 Å². The van der Waals surface area contributed by atoms with Gasteiger partial charge in [0.2, 0.25) is 0 Å². The average molecular weight is 402 g/mol. The highest BCUT2D eigenvalue weighted by atomic mass is 16.5. The molecule has 1 unspecified atom stereocenters. The van der Waals surface area contributed by atoms with Crippen LogP contribution >= 0.6 is 0 Å². The van der Waals surface area contributed by atoms with Gasteiger partial charge < -0.3 is 19.9 Å². The molecule has 0 spiro atoms. The zero-order valence-corrected chi connectivity index (χ0v) is 17.9. The van der Waals surface area contributed by atoms with Gasteiger partial charge in [-0.3, -0.25) is 4.79 Å². The van der Waals surface area contributed by atoms with Crippen molar-refractivity contribution in [2.24, 2.45) is 0 Å². The number of hydrogen-bond acceptors (Lipinski definition) is 6. The Balaban J connectivity index is 2.43. The van der Waals surface area contributed by atoms with E-state index >= 15 is 0 Å². The maximum atomic E-state index is 11.3. The second-order valence-electron chi connectivity index (χ2n) is 7.26. The van der Waals surface area contributed by atoms with E-state index in [-0.39, 0.29) is 12.3 Å². The number of anilines is 2. The first-order chi connectivity index (χ1) is 13.8. The Morgan fingerprint density at radius 2 is 1.86 bits per heavy atom. The van der Waals surface area contributed by atoms with Crippen LogP contribution in [0.15, 0.2) is 30.6 Å². The van der Waals surface area contributed by atoms with Crippen LogP contribution in [-0.4, -0.2) is 34.3 Å². The van der Waals surface area contributed by atoms with Gasteiger partial charge in [0.25, 0.3) is 0 Å². The molecule has 1 aromatic heterocycles. The Labute approximate surface area is 172 Å². The van der Waals surface area contributed by atoms with Gasteiger partial charge in [0.05, 0.1) is 36.7 Å². The highest BCUT2D eigenvalue weighted by Crippen LogP contribution is 2.36. The summed E-state index contributed by atoms with van der Waals surface area (Å²) in [5, 5.41) is 12.6. The lowest BCUT2D eigenvalue weighted by Gasteiger charge is -2.29. The predicted octanol–water partition coefficient (Wildman–Crippen LogP) is 4.86. The summed E-state index contributed by atoms with van der Waals surface area (Å²) < 4.78 is 11.2. The standard InChI is InChI=1S/C22H31N3O4/c1-6-15(12-20(26)27)16-9-10-18(22(4,5)29-8-3)19(11-16)25-17-13-23-21(24-14-17)28-7-2/h9-11,13-15,25H,6-8,12H2,1-5H3,(H,26,27). The number of aliphatic carboxylic acids is 1. The summed E-state index contributed by atoms with van der Waals surface area (Å²) in [6.45, 7) is 11.0. The van der Waals surface area contributed by atoms with Gasteiger partial charge >= 0.3 is 12.0 Å². The molecular weight excluding hydrogens is 370 g/mol. The van der Waals surface area contributed by atoms with Crippen LogP contribution in [-0.2, 0) is 15.1 Å². The van der Waals surface area contributed by atoms with Crippen molar-refractivity contribution in [3.63, 3.8) is 0 Å². The number of aromatic nitrogens is 2. The number of carbonyl (C=O) groups is 1. The summed E-state index contributed by atoms with van der Waals surface area (Å²) in [7, 11) is 0. The molecule has 158 valence electrons. The largest absolute Gasteiger partial charge is 0.481 e. The molecule has 7 heteroatoms. The summed E-state index contributed by atoms with van der Waals surface area (Å²) in [6, 6.07) is 6.33. The quantitative estimate of drug-likeness (QED) is 0.555. The second-order valence-corrected chi connectivity index (χ2v) is 7.26. The zero-order chi connectivity index (χ0) is 21.4. The Hall–Kier alpha value is -2.67. The van der Waals surface area contributed by atoms with E-state index in [1.165, 1.54) is 0 Å². The van der Waals surface area contributed by atoms with E-state index in [1.54, 1.807) is 12.4 Å². The fraction of sp³-hybridized carbons (Fsp3) is 0.500. The highest BCUT2D eigenvalue weighted by Gasteiger charge is 2.25. The van der Waals surface area contributed by atoms with Crippen LogP contribution in [0.2, 0.25) is 0 Å². The molecule has 0 aliphatic carbocycles. The van der Waals surface area contributed by atoms with E-state index in [4.69, 9.17) is 9.47 Å². The average Bonchev–Trinajstić information content (AvgIpc) is 2.67. The summed E-state index contributed by atoms with van der Waals surface area (Å²) in [4.78, 5) is 19.7. The molecule has 2 rings (SSSR count). The molecule has 2 aromatic rings. The molecule has 0 aliphatic heterocycles. The van der Waals surface area contributed by atoms with Gasteiger partial charge in [-0.05, 0) is 51.7 Å². The van der Waals surface area contributed by atoms with Crippen LogP contribution in [0, 0.1) is 0 Å². The second kappa shape index (κ2) is 10.2. The first-order valence-corrected chi connectivity index (χ1v) is 10.0. The monoisotopic (exact) mass is 401 g/mol. The molecule has 2 N–H and O–H groups in total. The van der Waals surface area contributed by atoms with Crippen LogP contribution in [0.1, 0.15) is 64.5 Å². The normalized spacial score (nSPS) is 12.4. The Bertz CT molecular complexity index is 806. The van der Waals surface area contributed by atoms with E-state index in [2.05, 4.69) is 15.3 Å². The lowest BCUT2D eigenvalue weighted by Crippen LogP contribution is -2.23. The van der Waals surface area contributed by atoms with Crippen LogP contribution in [0.5, 0.6) is 6.01 Å². The molecule has 1 aromatic carbocycles. The molecule has 0 fully saturated rings.